The third-order valence-corrected chi connectivity index (χ3v) is 2.47. The molecule has 15 heavy (non-hydrogen) atoms. The van der Waals surface area contributed by atoms with Gasteiger partial charge in [0.25, 0.3) is 0 Å². The Bertz CT molecular complexity index is 323. The second-order valence-electron chi connectivity index (χ2n) is 4.53. The van der Waals surface area contributed by atoms with Crippen LogP contribution in [0.2, 0.25) is 0 Å². The van der Waals surface area contributed by atoms with E-state index in [-0.39, 0.29) is 0 Å². The fourth-order valence-corrected chi connectivity index (χ4v) is 1.90. The van der Waals surface area contributed by atoms with Gasteiger partial charge in [0.05, 0.1) is 5.92 Å². The van der Waals surface area contributed by atoms with Crippen LogP contribution in [0.5, 0.6) is 0 Å². The number of hydrogen-bond acceptors (Lipinski definition) is 1. The maximum absolute atomic E-state index is 12.6. The normalized spacial score (nSPS) is 26.1. The van der Waals surface area contributed by atoms with Crippen molar-refractivity contribution in [1.82, 2.24) is 0 Å². The molecule has 1 nitrogen and oxygen atoms in total. The first-order chi connectivity index (χ1) is 6.67. The second-order valence-corrected chi connectivity index (χ2v) is 4.53. The van der Waals surface area contributed by atoms with Crippen LogP contribution in [0.15, 0.2) is 23.8 Å². The summed E-state index contributed by atoms with van der Waals surface area (Å²) in [5.41, 5.74) is -1.02. The fraction of sp³-hybridized carbons (Fsp3) is 0.545. The molecule has 0 spiro atoms. The van der Waals surface area contributed by atoms with Gasteiger partial charge in [-0.15, -0.1) is 0 Å². The minimum Gasteiger partial charge on any atom is -0.302 e. The maximum Gasteiger partial charge on any atom is 0.413 e. The molecule has 0 aromatic rings. The standard InChI is InChI=1S/C11H13F3O/c1-7-4-10(2,3)5-9(8(7)6-15)11(12,13)14/h5-6,8H,1,4H2,2-3H3. The number of halogens is 3. The fourth-order valence-electron chi connectivity index (χ4n) is 1.90. The Hall–Kier alpha value is -1.06. The predicted octanol–water partition coefficient (Wildman–Crippen LogP) is 3.28. The quantitative estimate of drug-likeness (QED) is 0.487. The van der Waals surface area contributed by atoms with Gasteiger partial charge in [-0.2, -0.15) is 13.2 Å². The highest BCUT2D eigenvalue weighted by Gasteiger charge is 2.43. The lowest BCUT2D eigenvalue weighted by molar-refractivity contribution is -0.118. The highest BCUT2D eigenvalue weighted by molar-refractivity contribution is 5.66. The van der Waals surface area contributed by atoms with Crippen LogP contribution >= 0.6 is 0 Å². The van der Waals surface area contributed by atoms with Crippen LogP contribution in [0.4, 0.5) is 13.2 Å². The molecule has 0 aromatic carbocycles. The number of carbonyl (C=O) groups is 1. The number of aldehydes is 1. The Morgan fingerprint density at radius 1 is 1.53 bits per heavy atom. The Balaban J connectivity index is 3.22. The van der Waals surface area contributed by atoms with Crippen molar-refractivity contribution in [3.8, 4) is 0 Å². The average Bonchev–Trinajstić information content (AvgIpc) is 1.99. The van der Waals surface area contributed by atoms with E-state index in [9.17, 15) is 18.0 Å². The second kappa shape index (κ2) is 3.51. The monoisotopic (exact) mass is 218 g/mol. The van der Waals surface area contributed by atoms with Gasteiger partial charge in [-0.05, 0) is 11.8 Å². The number of hydrogen-bond donors (Lipinski definition) is 0. The summed E-state index contributed by atoms with van der Waals surface area (Å²) in [6, 6.07) is 0. The zero-order chi connectivity index (χ0) is 11.9. The SMILES string of the molecule is C=C1CC(C)(C)C=C(C(F)(F)F)C1C=O. The van der Waals surface area contributed by atoms with Crippen LogP contribution in [0.25, 0.3) is 0 Å². The van der Waals surface area contributed by atoms with Gasteiger partial charge >= 0.3 is 6.18 Å². The summed E-state index contributed by atoms with van der Waals surface area (Å²) in [5.74, 6) is -1.20. The van der Waals surface area contributed by atoms with Crippen LogP contribution in [-0.2, 0) is 4.79 Å². The van der Waals surface area contributed by atoms with Crippen LogP contribution in [0.3, 0.4) is 0 Å². The van der Waals surface area contributed by atoms with Crippen molar-refractivity contribution in [2.75, 3.05) is 0 Å². The molecule has 0 N–H and O–H groups in total. The third kappa shape index (κ3) is 2.49. The zero-order valence-electron chi connectivity index (χ0n) is 8.69. The van der Waals surface area contributed by atoms with E-state index in [0.717, 1.165) is 6.08 Å². The van der Waals surface area contributed by atoms with Crippen molar-refractivity contribution in [1.29, 1.82) is 0 Å². The summed E-state index contributed by atoms with van der Waals surface area (Å²) in [6.07, 6.45) is -2.58. The number of rotatable bonds is 1. The van der Waals surface area contributed by atoms with Crippen molar-refractivity contribution in [2.24, 2.45) is 11.3 Å². The first kappa shape index (κ1) is 12.0. The lowest BCUT2D eigenvalue weighted by Crippen LogP contribution is -2.30. The van der Waals surface area contributed by atoms with Gasteiger partial charge < -0.3 is 4.79 Å². The Morgan fingerprint density at radius 3 is 2.47 bits per heavy atom. The number of carbonyl (C=O) groups excluding carboxylic acids is 1. The first-order valence-electron chi connectivity index (χ1n) is 4.60. The molecule has 1 unspecified atom stereocenters. The summed E-state index contributed by atoms with van der Waals surface area (Å²) < 4.78 is 37.9. The molecular formula is C11H13F3O. The highest BCUT2D eigenvalue weighted by Crippen LogP contribution is 2.44. The van der Waals surface area contributed by atoms with Crippen molar-refractivity contribution in [3.05, 3.63) is 23.8 Å². The molecule has 0 heterocycles. The molecular weight excluding hydrogens is 205 g/mol. The van der Waals surface area contributed by atoms with Crippen LogP contribution in [0.1, 0.15) is 20.3 Å². The number of allylic oxidation sites excluding steroid dienone is 3. The minimum absolute atomic E-state index is 0.316. The minimum atomic E-state index is -4.45. The van der Waals surface area contributed by atoms with E-state index in [2.05, 4.69) is 6.58 Å². The van der Waals surface area contributed by atoms with E-state index in [1.807, 2.05) is 0 Å². The lowest BCUT2D eigenvalue weighted by atomic mass is 9.72. The highest BCUT2D eigenvalue weighted by atomic mass is 19.4. The van der Waals surface area contributed by atoms with Gasteiger partial charge in [-0.3, -0.25) is 0 Å². The molecule has 1 aliphatic rings. The first-order valence-corrected chi connectivity index (χ1v) is 4.60. The Kier molecular flexibility index (Phi) is 2.81. The average molecular weight is 218 g/mol. The van der Waals surface area contributed by atoms with E-state index < -0.39 is 23.1 Å². The molecule has 0 aliphatic heterocycles. The number of alkyl halides is 3. The van der Waals surface area contributed by atoms with Crippen LogP contribution in [0, 0.1) is 11.3 Å². The van der Waals surface area contributed by atoms with Gasteiger partial charge in [0.15, 0.2) is 0 Å². The molecule has 4 heteroatoms. The summed E-state index contributed by atoms with van der Waals surface area (Å²) >= 11 is 0. The molecule has 0 bridgehead atoms. The molecule has 0 amide bonds. The van der Waals surface area contributed by atoms with E-state index >= 15 is 0 Å². The van der Waals surface area contributed by atoms with Crippen molar-refractivity contribution < 1.29 is 18.0 Å². The molecule has 0 aromatic heterocycles. The summed E-state index contributed by atoms with van der Waals surface area (Å²) in [6.45, 7) is 6.95. The van der Waals surface area contributed by atoms with Gasteiger partial charge in [0.1, 0.15) is 6.29 Å². The van der Waals surface area contributed by atoms with Crippen LogP contribution in [-0.4, -0.2) is 12.5 Å². The molecule has 0 saturated carbocycles. The van der Waals surface area contributed by atoms with E-state index in [1.54, 1.807) is 13.8 Å². The summed E-state index contributed by atoms with van der Waals surface area (Å²) in [5, 5.41) is 0. The van der Waals surface area contributed by atoms with E-state index in [4.69, 9.17) is 0 Å². The lowest BCUT2D eigenvalue weighted by Gasteiger charge is -2.33. The largest absolute Gasteiger partial charge is 0.413 e. The Labute approximate surface area is 86.7 Å². The molecule has 0 fully saturated rings. The summed E-state index contributed by atoms with van der Waals surface area (Å²) in [7, 11) is 0. The van der Waals surface area contributed by atoms with Crippen molar-refractivity contribution in [2.45, 2.75) is 26.4 Å². The van der Waals surface area contributed by atoms with E-state index in [0.29, 0.717) is 18.3 Å². The van der Waals surface area contributed by atoms with Gasteiger partial charge in [0, 0.05) is 5.57 Å². The third-order valence-electron chi connectivity index (χ3n) is 2.47. The molecule has 1 atom stereocenters. The van der Waals surface area contributed by atoms with Crippen molar-refractivity contribution in [3.63, 3.8) is 0 Å². The molecule has 84 valence electrons. The molecule has 1 aliphatic carbocycles. The maximum atomic E-state index is 12.6. The summed E-state index contributed by atoms with van der Waals surface area (Å²) in [4.78, 5) is 10.6. The molecule has 0 saturated heterocycles. The topological polar surface area (TPSA) is 17.1 Å². The van der Waals surface area contributed by atoms with Crippen LogP contribution < -0.4 is 0 Å². The smallest absolute Gasteiger partial charge is 0.302 e. The molecule has 0 radical (unpaired) electrons. The predicted molar refractivity (Wildman–Crippen MR) is 51.2 cm³/mol. The van der Waals surface area contributed by atoms with Crippen molar-refractivity contribution >= 4 is 6.29 Å². The Morgan fingerprint density at radius 2 is 2.07 bits per heavy atom. The van der Waals surface area contributed by atoms with Gasteiger partial charge in [-0.25, -0.2) is 0 Å². The van der Waals surface area contributed by atoms with Gasteiger partial charge in [-0.1, -0.05) is 32.1 Å². The van der Waals surface area contributed by atoms with Gasteiger partial charge in [0.2, 0.25) is 0 Å². The molecule has 1 rings (SSSR count). The zero-order valence-corrected chi connectivity index (χ0v) is 8.69. The van der Waals surface area contributed by atoms with E-state index in [1.165, 1.54) is 0 Å².